The molecule has 0 radical (unpaired) electrons. The summed E-state index contributed by atoms with van der Waals surface area (Å²) in [5.74, 6) is -0.508. The van der Waals surface area contributed by atoms with Gasteiger partial charge in [0, 0.05) is 13.0 Å². The molecule has 1 saturated carbocycles. The molecular weight excluding hydrogens is 324 g/mol. The van der Waals surface area contributed by atoms with Gasteiger partial charge in [-0.15, -0.1) is 5.10 Å². The molecule has 0 unspecified atom stereocenters. The van der Waals surface area contributed by atoms with Crippen molar-refractivity contribution in [1.29, 1.82) is 0 Å². The highest BCUT2D eigenvalue weighted by atomic mass is 16.5. The molecule has 3 rings (SSSR count). The maximum atomic E-state index is 12.6. The quantitative estimate of drug-likeness (QED) is 0.752. The smallest absolute Gasteiger partial charge is 0.360 e. The number of nitrogens with zero attached hydrogens (tertiary/aromatic N) is 4. The van der Waals surface area contributed by atoms with Gasteiger partial charge in [-0.25, -0.2) is 9.48 Å². The van der Waals surface area contributed by atoms with Gasteiger partial charge in [0.05, 0.1) is 25.8 Å². The maximum absolute atomic E-state index is 12.6. The Morgan fingerprint density at radius 1 is 1.28 bits per heavy atom. The molecule has 2 amide bonds. The van der Waals surface area contributed by atoms with Crippen LogP contribution in [-0.4, -0.2) is 51.3 Å². The first-order chi connectivity index (χ1) is 12.1. The summed E-state index contributed by atoms with van der Waals surface area (Å²) >= 11 is 0. The highest BCUT2D eigenvalue weighted by Crippen LogP contribution is 2.35. The summed E-state index contributed by atoms with van der Waals surface area (Å²) < 4.78 is 6.29. The van der Waals surface area contributed by atoms with Crippen molar-refractivity contribution in [2.45, 2.75) is 57.4 Å². The van der Waals surface area contributed by atoms with Gasteiger partial charge in [0.15, 0.2) is 5.69 Å². The molecule has 1 atom stereocenters. The van der Waals surface area contributed by atoms with Gasteiger partial charge in [-0.05, 0) is 25.2 Å². The Morgan fingerprint density at radius 3 is 2.68 bits per heavy atom. The van der Waals surface area contributed by atoms with Gasteiger partial charge >= 0.3 is 5.97 Å². The van der Waals surface area contributed by atoms with Crippen molar-refractivity contribution in [3.05, 3.63) is 11.9 Å². The molecule has 1 aliphatic carbocycles. The summed E-state index contributed by atoms with van der Waals surface area (Å²) in [7, 11) is 1.29. The van der Waals surface area contributed by atoms with Crippen LogP contribution < -0.4 is 0 Å². The molecule has 8 nitrogen and oxygen atoms in total. The Bertz CT molecular complexity index is 651. The lowest BCUT2D eigenvalue weighted by atomic mass is 9.82. The van der Waals surface area contributed by atoms with Crippen molar-refractivity contribution in [3.63, 3.8) is 0 Å². The first-order valence-electron chi connectivity index (χ1n) is 8.93. The summed E-state index contributed by atoms with van der Waals surface area (Å²) in [5.41, 5.74) is 0.132. The van der Waals surface area contributed by atoms with E-state index in [2.05, 4.69) is 15.0 Å². The van der Waals surface area contributed by atoms with E-state index in [9.17, 15) is 14.4 Å². The fraction of sp³-hybridized carbons (Fsp3) is 0.706. The molecule has 1 saturated heterocycles. The molecule has 1 aromatic rings. The van der Waals surface area contributed by atoms with Crippen molar-refractivity contribution in [2.24, 2.45) is 5.92 Å². The molecular formula is C17H24N4O4. The van der Waals surface area contributed by atoms with Crippen LogP contribution in [0.3, 0.4) is 0 Å². The number of rotatable bonds is 5. The van der Waals surface area contributed by atoms with Crippen LogP contribution in [0.4, 0.5) is 0 Å². The van der Waals surface area contributed by atoms with E-state index in [1.165, 1.54) is 18.4 Å². The van der Waals surface area contributed by atoms with Gasteiger partial charge in [0.1, 0.15) is 0 Å². The molecule has 2 fully saturated rings. The number of ether oxygens (including phenoxy) is 1. The number of hydrogen-bond acceptors (Lipinski definition) is 6. The van der Waals surface area contributed by atoms with Crippen LogP contribution in [-0.2, 0) is 14.3 Å². The molecule has 1 aromatic heterocycles. The van der Waals surface area contributed by atoms with Crippen LogP contribution in [0.5, 0.6) is 0 Å². The molecule has 2 aliphatic rings. The largest absolute Gasteiger partial charge is 0.464 e. The van der Waals surface area contributed by atoms with Gasteiger partial charge in [0.25, 0.3) is 0 Å². The van der Waals surface area contributed by atoms with Crippen LogP contribution in [0.2, 0.25) is 0 Å². The third kappa shape index (κ3) is 3.88. The average molecular weight is 348 g/mol. The predicted octanol–water partition coefficient (Wildman–Crippen LogP) is 1.73. The van der Waals surface area contributed by atoms with Crippen molar-refractivity contribution in [3.8, 4) is 0 Å². The van der Waals surface area contributed by atoms with E-state index in [4.69, 9.17) is 0 Å². The number of likely N-dealkylation sites (tertiary alicyclic amines) is 1. The van der Waals surface area contributed by atoms with E-state index < -0.39 is 5.97 Å². The molecule has 136 valence electrons. The molecule has 2 heterocycles. The van der Waals surface area contributed by atoms with Gasteiger partial charge in [-0.2, -0.15) is 0 Å². The number of amides is 2. The zero-order chi connectivity index (χ0) is 17.8. The van der Waals surface area contributed by atoms with Gasteiger partial charge in [-0.3, -0.25) is 14.5 Å². The normalized spacial score (nSPS) is 19.9. The topological polar surface area (TPSA) is 94.4 Å². The van der Waals surface area contributed by atoms with Crippen LogP contribution in [0.1, 0.15) is 67.9 Å². The molecule has 0 aromatic carbocycles. The van der Waals surface area contributed by atoms with Crippen LogP contribution in [0.25, 0.3) is 0 Å². The van der Waals surface area contributed by atoms with Crippen LogP contribution >= 0.6 is 0 Å². The zero-order valence-electron chi connectivity index (χ0n) is 14.5. The minimum Gasteiger partial charge on any atom is -0.464 e. The van der Waals surface area contributed by atoms with Crippen LogP contribution in [0.15, 0.2) is 6.20 Å². The SMILES string of the molecule is COC(=O)c1cn([C@H](CC(=O)N2CCCC2=O)C2CCCCC2)nn1. The van der Waals surface area contributed by atoms with E-state index in [0.717, 1.165) is 32.1 Å². The maximum Gasteiger partial charge on any atom is 0.360 e. The number of esters is 1. The summed E-state index contributed by atoms with van der Waals surface area (Å²) in [6, 6.07) is -0.188. The minimum atomic E-state index is -0.547. The Hall–Kier alpha value is -2.25. The lowest BCUT2D eigenvalue weighted by Crippen LogP contribution is -2.35. The second-order valence-electron chi connectivity index (χ2n) is 6.79. The summed E-state index contributed by atoms with van der Waals surface area (Å²) in [6.07, 6.45) is 8.40. The lowest BCUT2D eigenvalue weighted by Gasteiger charge is -2.30. The predicted molar refractivity (Wildman–Crippen MR) is 87.5 cm³/mol. The third-order valence-electron chi connectivity index (χ3n) is 5.20. The van der Waals surface area contributed by atoms with Gasteiger partial charge < -0.3 is 4.74 Å². The fourth-order valence-electron chi connectivity index (χ4n) is 3.83. The first-order valence-corrected chi connectivity index (χ1v) is 8.93. The van der Waals surface area contributed by atoms with Gasteiger partial charge in [-0.1, -0.05) is 24.5 Å². The molecule has 0 N–H and O–H groups in total. The molecule has 8 heteroatoms. The molecule has 25 heavy (non-hydrogen) atoms. The average Bonchev–Trinajstić information content (AvgIpc) is 3.28. The Kier molecular flexibility index (Phi) is 5.45. The number of imide groups is 1. The second-order valence-corrected chi connectivity index (χ2v) is 6.79. The van der Waals surface area contributed by atoms with Crippen molar-refractivity contribution >= 4 is 17.8 Å². The number of hydrogen-bond donors (Lipinski definition) is 0. The molecule has 0 bridgehead atoms. The van der Waals surface area contributed by atoms with Crippen molar-refractivity contribution in [1.82, 2.24) is 19.9 Å². The monoisotopic (exact) mass is 348 g/mol. The summed E-state index contributed by atoms with van der Waals surface area (Å²) in [6.45, 7) is 0.500. The first kappa shape index (κ1) is 17.6. The number of carbonyl (C=O) groups is 3. The summed E-state index contributed by atoms with van der Waals surface area (Å²) in [5, 5.41) is 7.94. The zero-order valence-corrected chi connectivity index (χ0v) is 14.5. The fourth-order valence-corrected chi connectivity index (χ4v) is 3.83. The third-order valence-corrected chi connectivity index (χ3v) is 5.20. The van der Waals surface area contributed by atoms with Crippen molar-refractivity contribution < 1.29 is 19.1 Å². The van der Waals surface area contributed by atoms with E-state index in [-0.39, 0.29) is 30.0 Å². The highest BCUT2D eigenvalue weighted by Gasteiger charge is 2.33. The minimum absolute atomic E-state index is 0.0961. The van der Waals surface area contributed by atoms with Crippen LogP contribution in [0, 0.1) is 5.92 Å². The standard InChI is InChI=1S/C17H24N4O4/c1-25-17(24)13-11-21(19-18-13)14(12-6-3-2-4-7-12)10-16(23)20-9-5-8-15(20)22/h11-12,14H,2-10H2,1H3/t14-/m1/s1. The van der Waals surface area contributed by atoms with E-state index in [1.54, 1.807) is 10.9 Å². The van der Waals surface area contributed by atoms with Gasteiger partial charge in [0.2, 0.25) is 11.8 Å². The number of aromatic nitrogens is 3. The number of carbonyl (C=O) groups excluding carboxylic acids is 3. The summed E-state index contributed by atoms with van der Waals surface area (Å²) in [4.78, 5) is 37.5. The van der Waals surface area contributed by atoms with E-state index in [0.29, 0.717) is 18.9 Å². The lowest BCUT2D eigenvalue weighted by molar-refractivity contribution is -0.142. The highest BCUT2D eigenvalue weighted by molar-refractivity contribution is 5.96. The molecule has 1 aliphatic heterocycles. The Morgan fingerprint density at radius 2 is 2.04 bits per heavy atom. The van der Waals surface area contributed by atoms with Crippen molar-refractivity contribution in [2.75, 3.05) is 13.7 Å². The Balaban J connectivity index is 1.79. The molecule has 0 spiro atoms. The Labute approximate surface area is 146 Å². The van der Waals surface area contributed by atoms with E-state index >= 15 is 0 Å². The number of methoxy groups -OCH3 is 1. The van der Waals surface area contributed by atoms with E-state index in [1.807, 2.05) is 0 Å². The second kappa shape index (κ2) is 7.76.